The van der Waals surface area contributed by atoms with E-state index in [4.69, 9.17) is 5.11 Å². The molecule has 0 fully saturated rings. The molecule has 0 aromatic heterocycles. The average Bonchev–Trinajstić information content (AvgIpc) is 2.29. The van der Waals surface area contributed by atoms with E-state index < -0.39 is 5.97 Å². The van der Waals surface area contributed by atoms with Crippen molar-refractivity contribution < 1.29 is 14.3 Å². The van der Waals surface area contributed by atoms with Gasteiger partial charge in [0, 0.05) is 0 Å². The van der Waals surface area contributed by atoms with E-state index in [-0.39, 0.29) is 11.4 Å². The third-order valence-corrected chi connectivity index (χ3v) is 2.64. The molecule has 0 amide bonds. The van der Waals surface area contributed by atoms with Gasteiger partial charge in [-0.3, -0.25) is 0 Å². The van der Waals surface area contributed by atoms with Crippen LogP contribution in [-0.2, 0) is 0 Å². The van der Waals surface area contributed by atoms with E-state index in [2.05, 4.69) is 0 Å². The van der Waals surface area contributed by atoms with Crippen molar-refractivity contribution >= 4 is 5.97 Å². The number of carboxylic acids is 1. The number of aryl methyl sites for hydroxylation is 1. The molecule has 86 valence electrons. The van der Waals surface area contributed by atoms with Gasteiger partial charge in [-0.05, 0) is 41.8 Å². The third-order valence-electron chi connectivity index (χ3n) is 2.64. The SMILES string of the molecule is Cc1cc(F)ccc1-c1ccccc1C(=O)O. The number of benzene rings is 2. The quantitative estimate of drug-likeness (QED) is 0.857. The fourth-order valence-corrected chi connectivity index (χ4v) is 1.83. The van der Waals surface area contributed by atoms with Gasteiger partial charge in [0.15, 0.2) is 0 Å². The Hall–Kier alpha value is -2.16. The standard InChI is InChI=1S/C14H11FO2/c1-9-8-10(15)6-7-11(9)12-4-2-3-5-13(12)14(16)17/h2-8H,1H3,(H,16,17). The molecule has 3 heteroatoms. The molecule has 0 saturated carbocycles. The minimum absolute atomic E-state index is 0.224. The van der Waals surface area contributed by atoms with Crippen molar-refractivity contribution in [2.45, 2.75) is 6.92 Å². The summed E-state index contributed by atoms with van der Waals surface area (Å²) in [6.07, 6.45) is 0. The number of rotatable bonds is 2. The van der Waals surface area contributed by atoms with Crippen LogP contribution in [0.1, 0.15) is 15.9 Å². The van der Waals surface area contributed by atoms with Crippen LogP contribution in [0.4, 0.5) is 4.39 Å². The van der Waals surface area contributed by atoms with Crippen LogP contribution in [0.25, 0.3) is 11.1 Å². The molecule has 0 unspecified atom stereocenters. The molecule has 0 aliphatic rings. The smallest absolute Gasteiger partial charge is 0.336 e. The highest BCUT2D eigenvalue weighted by Gasteiger charge is 2.12. The minimum atomic E-state index is -0.982. The van der Waals surface area contributed by atoms with Gasteiger partial charge in [0.1, 0.15) is 5.82 Å². The van der Waals surface area contributed by atoms with Gasteiger partial charge in [-0.2, -0.15) is 0 Å². The summed E-state index contributed by atoms with van der Waals surface area (Å²) in [4.78, 5) is 11.1. The Kier molecular flexibility index (Phi) is 2.91. The Balaban J connectivity index is 2.64. The Morgan fingerprint density at radius 2 is 1.82 bits per heavy atom. The maximum absolute atomic E-state index is 13.0. The molecule has 0 saturated heterocycles. The number of carboxylic acid groups (broad SMARTS) is 1. The van der Waals surface area contributed by atoms with E-state index >= 15 is 0 Å². The lowest BCUT2D eigenvalue weighted by molar-refractivity contribution is 0.0698. The van der Waals surface area contributed by atoms with Crippen molar-refractivity contribution in [2.24, 2.45) is 0 Å². The van der Waals surface area contributed by atoms with Crippen molar-refractivity contribution in [2.75, 3.05) is 0 Å². The fraction of sp³-hybridized carbons (Fsp3) is 0.0714. The fourth-order valence-electron chi connectivity index (χ4n) is 1.83. The number of hydrogen-bond donors (Lipinski definition) is 1. The second kappa shape index (κ2) is 4.37. The average molecular weight is 230 g/mol. The van der Waals surface area contributed by atoms with Crippen molar-refractivity contribution in [1.29, 1.82) is 0 Å². The van der Waals surface area contributed by atoms with Crippen molar-refractivity contribution in [3.05, 3.63) is 59.4 Å². The van der Waals surface area contributed by atoms with E-state index in [1.54, 1.807) is 37.3 Å². The maximum Gasteiger partial charge on any atom is 0.336 e. The molecule has 0 aliphatic carbocycles. The zero-order valence-electron chi connectivity index (χ0n) is 9.27. The van der Waals surface area contributed by atoms with Crippen LogP contribution in [0.2, 0.25) is 0 Å². The van der Waals surface area contributed by atoms with Crippen LogP contribution < -0.4 is 0 Å². The van der Waals surface area contributed by atoms with Gasteiger partial charge >= 0.3 is 5.97 Å². The Morgan fingerprint density at radius 3 is 2.47 bits per heavy atom. The van der Waals surface area contributed by atoms with Gasteiger partial charge in [0.05, 0.1) is 5.56 Å². The van der Waals surface area contributed by atoms with E-state index in [1.165, 1.54) is 12.1 Å². The highest BCUT2D eigenvalue weighted by atomic mass is 19.1. The lowest BCUT2D eigenvalue weighted by Crippen LogP contribution is -1.99. The molecular weight excluding hydrogens is 219 g/mol. The first-order chi connectivity index (χ1) is 8.09. The van der Waals surface area contributed by atoms with Gasteiger partial charge in [0.2, 0.25) is 0 Å². The van der Waals surface area contributed by atoms with E-state index in [0.717, 1.165) is 11.1 Å². The molecule has 0 atom stereocenters. The molecule has 17 heavy (non-hydrogen) atoms. The third kappa shape index (κ3) is 2.18. The number of aromatic carboxylic acids is 1. The molecular formula is C14H11FO2. The lowest BCUT2D eigenvalue weighted by Gasteiger charge is -2.09. The first-order valence-corrected chi connectivity index (χ1v) is 5.18. The lowest BCUT2D eigenvalue weighted by atomic mass is 9.96. The molecule has 0 heterocycles. The second-order valence-corrected chi connectivity index (χ2v) is 3.81. The Morgan fingerprint density at radius 1 is 1.12 bits per heavy atom. The largest absolute Gasteiger partial charge is 0.478 e. The highest BCUT2D eigenvalue weighted by molar-refractivity contribution is 5.96. The molecule has 2 aromatic carbocycles. The van der Waals surface area contributed by atoms with Gasteiger partial charge in [0.25, 0.3) is 0 Å². The second-order valence-electron chi connectivity index (χ2n) is 3.81. The summed E-state index contributed by atoms with van der Waals surface area (Å²) in [5.74, 6) is -1.30. The molecule has 0 radical (unpaired) electrons. The van der Waals surface area contributed by atoms with Crippen LogP contribution >= 0.6 is 0 Å². The minimum Gasteiger partial charge on any atom is -0.478 e. The summed E-state index contributed by atoms with van der Waals surface area (Å²) in [6, 6.07) is 11.0. The summed E-state index contributed by atoms with van der Waals surface area (Å²) in [7, 11) is 0. The summed E-state index contributed by atoms with van der Waals surface area (Å²) in [5, 5.41) is 9.10. The van der Waals surface area contributed by atoms with E-state index in [9.17, 15) is 9.18 Å². The molecule has 1 N–H and O–H groups in total. The van der Waals surface area contributed by atoms with Crippen LogP contribution in [0, 0.1) is 12.7 Å². The molecule has 0 aliphatic heterocycles. The molecule has 0 bridgehead atoms. The summed E-state index contributed by atoms with van der Waals surface area (Å²) in [6.45, 7) is 1.76. The van der Waals surface area contributed by atoms with Gasteiger partial charge in [-0.25, -0.2) is 9.18 Å². The number of hydrogen-bond acceptors (Lipinski definition) is 1. The molecule has 2 rings (SSSR count). The normalized spacial score (nSPS) is 10.2. The van der Waals surface area contributed by atoms with Gasteiger partial charge in [-0.15, -0.1) is 0 Å². The van der Waals surface area contributed by atoms with Gasteiger partial charge < -0.3 is 5.11 Å². The Labute approximate surface area is 98.3 Å². The van der Waals surface area contributed by atoms with Crippen LogP contribution in [0.15, 0.2) is 42.5 Å². The summed E-state index contributed by atoms with van der Waals surface area (Å²) < 4.78 is 13.0. The van der Waals surface area contributed by atoms with Gasteiger partial charge in [-0.1, -0.05) is 24.3 Å². The van der Waals surface area contributed by atoms with Crippen molar-refractivity contribution in [3.8, 4) is 11.1 Å². The maximum atomic E-state index is 13.0. The summed E-state index contributed by atoms with van der Waals surface area (Å²) in [5.41, 5.74) is 2.29. The van der Waals surface area contributed by atoms with Crippen molar-refractivity contribution in [1.82, 2.24) is 0 Å². The molecule has 2 aromatic rings. The zero-order chi connectivity index (χ0) is 12.4. The summed E-state index contributed by atoms with van der Waals surface area (Å²) >= 11 is 0. The monoisotopic (exact) mass is 230 g/mol. The first-order valence-electron chi connectivity index (χ1n) is 5.18. The van der Waals surface area contributed by atoms with Crippen LogP contribution in [-0.4, -0.2) is 11.1 Å². The Bertz CT molecular complexity index is 576. The van der Waals surface area contributed by atoms with E-state index in [1.807, 2.05) is 0 Å². The molecule has 2 nitrogen and oxygen atoms in total. The highest BCUT2D eigenvalue weighted by Crippen LogP contribution is 2.27. The number of carbonyl (C=O) groups is 1. The predicted molar refractivity (Wildman–Crippen MR) is 63.5 cm³/mol. The number of halogens is 1. The molecule has 0 spiro atoms. The topological polar surface area (TPSA) is 37.3 Å². The van der Waals surface area contributed by atoms with Crippen LogP contribution in [0.5, 0.6) is 0 Å². The van der Waals surface area contributed by atoms with Crippen molar-refractivity contribution in [3.63, 3.8) is 0 Å². The van der Waals surface area contributed by atoms with Crippen LogP contribution in [0.3, 0.4) is 0 Å². The zero-order valence-corrected chi connectivity index (χ0v) is 9.27. The predicted octanol–water partition coefficient (Wildman–Crippen LogP) is 3.50. The van der Waals surface area contributed by atoms with E-state index in [0.29, 0.717) is 5.56 Å². The first kappa shape index (κ1) is 11.3.